The Balaban J connectivity index is 1.86. The Bertz CT molecular complexity index is 659. The number of nitrogen functional groups attached to an aromatic ring is 1. The molecule has 2 aromatic rings. The first kappa shape index (κ1) is 15.7. The number of nitrogens with two attached hydrogens (primary N) is 1. The topological polar surface area (TPSA) is 72.2 Å². The summed E-state index contributed by atoms with van der Waals surface area (Å²) < 4.78 is 13.0. The third-order valence-corrected chi connectivity index (χ3v) is 4.66. The number of benzene rings is 2. The van der Waals surface area contributed by atoms with E-state index >= 15 is 0 Å². The first-order valence-electron chi connectivity index (χ1n) is 6.34. The predicted octanol–water partition coefficient (Wildman–Crippen LogP) is 3.17. The molecule has 0 spiro atoms. The molecule has 1 unspecified atom stereocenters. The van der Waals surface area contributed by atoms with Crippen LogP contribution in [0, 0.1) is 0 Å². The smallest absolute Gasteiger partial charge is 0.225 e. The van der Waals surface area contributed by atoms with Crippen LogP contribution in [0.5, 0.6) is 0 Å². The van der Waals surface area contributed by atoms with Crippen LogP contribution in [-0.4, -0.2) is 15.9 Å². The van der Waals surface area contributed by atoms with Gasteiger partial charge in [-0.1, -0.05) is 22.0 Å². The van der Waals surface area contributed by atoms with Crippen molar-refractivity contribution >= 4 is 44.0 Å². The molecule has 0 saturated carbocycles. The second-order valence-electron chi connectivity index (χ2n) is 4.43. The molecule has 4 nitrogen and oxygen atoms in total. The Morgan fingerprint density at radius 1 is 1.19 bits per heavy atom. The Kier molecular flexibility index (Phi) is 5.52. The van der Waals surface area contributed by atoms with Gasteiger partial charge in [-0.25, -0.2) is 0 Å². The summed E-state index contributed by atoms with van der Waals surface area (Å²) in [5.41, 5.74) is 6.88. The zero-order chi connectivity index (χ0) is 15.2. The summed E-state index contributed by atoms with van der Waals surface area (Å²) >= 11 is 3.33. The average Bonchev–Trinajstić information content (AvgIpc) is 2.45. The zero-order valence-electron chi connectivity index (χ0n) is 11.2. The molecule has 0 bridgehead atoms. The molecule has 1 atom stereocenters. The Hall–Kier alpha value is -1.66. The summed E-state index contributed by atoms with van der Waals surface area (Å²) in [7, 11) is -1.18. The van der Waals surface area contributed by atoms with E-state index in [0.29, 0.717) is 11.4 Å². The summed E-state index contributed by atoms with van der Waals surface area (Å²) in [5.74, 6) is 0.113. The van der Waals surface area contributed by atoms with Crippen molar-refractivity contribution in [3.63, 3.8) is 0 Å². The average molecular weight is 367 g/mol. The van der Waals surface area contributed by atoms with Gasteiger partial charge in [0.2, 0.25) is 5.91 Å². The lowest BCUT2D eigenvalue weighted by atomic mass is 10.3. The maximum atomic E-state index is 12.1. The molecule has 0 saturated heterocycles. The lowest BCUT2D eigenvalue weighted by molar-refractivity contribution is -0.115. The Morgan fingerprint density at radius 3 is 2.57 bits per heavy atom. The minimum Gasteiger partial charge on any atom is -0.399 e. The highest BCUT2D eigenvalue weighted by Crippen LogP contribution is 2.15. The van der Waals surface area contributed by atoms with Crippen LogP contribution in [0.4, 0.5) is 11.4 Å². The molecule has 2 aromatic carbocycles. The number of rotatable bonds is 5. The van der Waals surface area contributed by atoms with E-state index in [1.54, 1.807) is 36.4 Å². The van der Waals surface area contributed by atoms with E-state index in [-0.39, 0.29) is 18.1 Å². The summed E-state index contributed by atoms with van der Waals surface area (Å²) in [6.45, 7) is 0. The van der Waals surface area contributed by atoms with E-state index in [0.717, 1.165) is 9.37 Å². The number of hydrogen-bond donors (Lipinski definition) is 2. The molecule has 0 aliphatic carbocycles. The van der Waals surface area contributed by atoms with Gasteiger partial charge in [0.25, 0.3) is 0 Å². The van der Waals surface area contributed by atoms with Crippen molar-refractivity contribution in [1.29, 1.82) is 0 Å². The molecular weight excluding hydrogens is 352 g/mol. The van der Waals surface area contributed by atoms with Gasteiger partial charge in [0.15, 0.2) is 0 Å². The van der Waals surface area contributed by atoms with E-state index in [1.807, 2.05) is 12.1 Å². The first-order valence-corrected chi connectivity index (χ1v) is 8.45. The monoisotopic (exact) mass is 366 g/mol. The molecule has 21 heavy (non-hydrogen) atoms. The second kappa shape index (κ2) is 7.38. The molecule has 2 rings (SSSR count). The van der Waals surface area contributed by atoms with E-state index in [9.17, 15) is 9.00 Å². The SMILES string of the molecule is Nc1cccc(NC(=O)CCS(=O)c2ccc(Br)cc2)c1. The molecule has 0 aliphatic rings. The van der Waals surface area contributed by atoms with Crippen molar-refractivity contribution in [3.8, 4) is 0 Å². The minimum absolute atomic E-state index is 0.175. The summed E-state index contributed by atoms with van der Waals surface area (Å²) in [6, 6.07) is 14.2. The standard InChI is InChI=1S/C15H15BrN2O2S/c16-11-4-6-14(7-5-11)21(20)9-8-15(19)18-13-3-1-2-12(17)10-13/h1-7,10H,8-9,17H2,(H,18,19). The molecule has 6 heteroatoms. The van der Waals surface area contributed by atoms with Crippen molar-refractivity contribution < 1.29 is 9.00 Å². The fourth-order valence-electron chi connectivity index (χ4n) is 1.73. The molecule has 0 radical (unpaired) electrons. The molecule has 0 aliphatic heterocycles. The molecule has 0 heterocycles. The van der Waals surface area contributed by atoms with Crippen LogP contribution in [0.15, 0.2) is 57.9 Å². The molecular formula is C15H15BrN2O2S. The van der Waals surface area contributed by atoms with Crippen molar-refractivity contribution in [2.45, 2.75) is 11.3 Å². The van der Waals surface area contributed by atoms with Crippen LogP contribution in [0.2, 0.25) is 0 Å². The van der Waals surface area contributed by atoms with Crippen LogP contribution < -0.4 is 11.1 Å². The number of hydrogen-bond acceptors (Lipinski definition) is 3. The quantitative estimate of drug-likeness (QED) is 0.798. The van der Waals surface area contributed by atoms with E-state index in [4.69, 9.17) is 5.73 Å². The zero-order valence-corrected chi connectivity index (χ0v) is 13.6. The fraction of sp³-hybridized carbons (Fsp3) is 0.133. The predicted molar refractivity (Wildman–Crippen MR) is 89.5 cm³/mol. The Labute approximate surface area is 134 Å². The van der Waals surface area contributed by atoms with Gasteiger partial charge in [-0.15, -0.1) is 0 Å². The fourth-order valence-corrected chi connectivity index (χ4v) is 3.04. The van der Waals surface area contributed by atoms with Crippen LogP contribution in [0.25, 0.3) is 0 Å². The van der Waals surface area contributed by atoms with E-state index < -0.39 is 10.8 Å². The summed E-state index contributed by atoms with van der Waals surface area (Å²) in [5, 5.41) is 2.74. The van der Waals surface area contributed by atoms with Crippen LogP contribution in [0.3, 0.4) is 0 Å². The van der Waals surface area contributed by atoms with Crippen molar-refractivity contribution in [1.82, 2.24) is 0 Å². The van der Waals surface area contributed by atoms with Gasteiger partial charge in [-0.2, -0.15) is 0 Å². The van der Waals surface area contributed by atoms with Crippen molar-refractivity contribution in [2.24, 2.45) is 0 Å². The Morgan fingerprint density at radius 2 is 1.90 bits per heavy atom. The lowest BCUT2D eigenvalue weighted by Crippen LogP contribution is -2.15. The van der Waals surface area contributed by atoms with Gasteiger partial charge in [0.05, 0.1) is 10.8 Å². The summed E-state index contributed by atoms with van der Waals surface area (Å²) in [4.78, 5) is 12.5. The van der Waals surface area contributed by atoms with Gasteiger partial charge in [-0.3, -0.25) is 9.00 Å². The summed E-state index contributed by atoms with van der Waals surface area (Å²) in [6.07, 6.45) is 0.192. The van der Waals surface area contributed by atoms with Crippen molar-refractivity contribution in [2.75, 3.05) is 16.8 Å². The number of nitrogens with one attached hydrogen (secondary N) is 1. The highest BCUT2D eigenvalue weighted by atomic mass is 79.9. The number of amides is 1. The van der Waals surface area contributed by atoms with Crippen LogP contribution in [-0.2, 0) is 15.6 Å². The maximum Gasteiger partial charge on any atom is 0.225 e. The molecule has 3 N–H and O–H groups in total. The third-order valence-electron chi connectivity index (χ3n) is 2.76. The molecule has 1 amide bonds. The van der Waals surface area contributed by atoms with Crippen LogP contribution >= 0.6 is 15.9 Å². The second-order valence-corrected chi connectivity index (χ2v) is 6.91. The molecule has 0 fully saturated rings. The lowest BCUT2D eigenvalue weighted by Gasteiger charge is -2.06. The van der Waals surface area contributed by atoms with Gasteiger partial charge < -0.3 is 11.1 Å². The normalized spacial score (nSPS) is 11.9. The third kappa shape index (κ3) is 4.99. The van der Waals surface area contributed by atoms with E-state index in [2.05, 4.69) is 21.2 Å². The number of halogens is 1. The highest BCUT2D eigenvalue weighted by Gasteiger charge is 2.08. The highest BCUT2D eigenvalue weighted by molar-refractivity contribution is 9.10. The van der Waals surface area contributed by atoms with Gasteiger partial charge in [0, 0.05) is 32.9 Å². The van der Waals surface area contributed by atoms with Gasteiger partial charge >= 0.3 is 0 Å². The number of carbonyl (C=O) groups is 1. The van der Waals surface area contributed by atoms with Crippen LogP contribution in [0.1, 0.15) is 6.42 Å². The molecule has 0 aromatic heterocycles. The van der Waals surface area contributed by atoms with E-state index in [1.165, 1.54) is 0 Å². The van der Waals surface area contributed by atoms with Gasteiger partial charge in [-0.05, 0) is 42.5 Å². The number of anilines is 2. The molecule has 110 valence electrons. The maximum absolute atomic E-state index is 12.1. The largest absolute Gasteiger partial charge is 0.399 e. The number of carbonyl (C=O) groups excluding carboxylic acids is 1. The van der Waals surface area contributed by atoms with Gasteiger partial charge in [0.1, 0.15) is 0 Å². The first-order chi connectivity index (χ1) is 10.0. The minimum atomic E-state index is -1.18. The van der Waals surface area contributed by atoms with Crippen molar-refractivity contribution in [3.05, 3.63) is 53.0 Å².